The topological polar surface area (TPSA) is 69.6 Å². The van der Waals surface area contributed by atoms with E-state index >= 15 is 0 Å². The van der Waals surface area contributed by atoms with Gasteiger partial charge >= 0.3 is 5.97 Å². The second kappa shape index (κ2) is 5.88. The van der Waals surface area contributed by atoms with Crippen LogP contribution in [-0.2, 0) is 4.79 Å². The van der Waals surface area contributed by atoms with Crippen LogP contribution in [0.3, 0.4) is 0 Å². The van der Waals surface area contributed by atoms with Crippen LogP contribution in [0.2, 0.25) is 0 Å². The molecule has 64 valence electrons. The van der Waals surface area contributed by atoms with Crippen molar-refractivity contribution in [2.75, 3.05) is 19.7 Å². The molecule has 0 heterocycles. The van der Waals surface area contributed by atoms with E-state index in [0.29, 0.717) is 19.5 Å². The molecule has 0 fully saturated rings. The molecule has 0 aliphatic heterocycles. The van der Waals surface area contributed by atoms with Gasteiger partial charge in [0.2, 0.25) is 0 Å². The summed E-state index contributed by atoms with van der Waals surface area (Å²) in [5.74, 6) is -0.962. The molecule has 4 heteroatoms. The van der Waals surface area contributed by atoms with Crippen LogP contribution >= 0.6 is 0 Å². The Kier molecular flexibility index (Phi) is 5.42. The van der Waals surface area contributed by atoms with Crippen LogP contribution in [0.1, 0.15) is 6.42 Å². The number of carboxylic acid groups (broad SMARTS) is 1. The minimum atomic E-state index is -0.962. The van der Waals surface area contributed by atoms with Crippen LogP contribution in [-0.4, -0.2) is 35.9 Å². The molecule has 0 unspecified atom stereocenters. The lowest BCUT2D eigenvalue weighted by Crippen LogP contribution is -2.20. The molecule has 3 N–H and O–H groups in total. The number of aliphatic carboxylic acids is 1. The van der Waals surface area contributed by atoms with Crippen molar-refractivity contribution < 1.29 is 15.0 Å². The number of carbonyl (C=O) groups is 1. The average Bonchev–Trinajstić information content (AvgIpc) is 1.97. The zero-order valence-electron chi connectivity index (χ0n) is 6.34. The number of carboxylic acids is 1. The first-order valence-corrected chi connectivity index (χ1v) is 3.41. The monoisotopic (exact) mass is 159 g/mol. The Morgan fingerprint density at radius 2 is 2.09 bits per heavy atom. The van der Waals surface area contributed by atoms with Gasteiger partial charge in [-0.25, -0.2) is 4.79 Å². The maximum Gasteiger partial charge on any atom is 0.330 e. The van der Waals surface area contributed by atoms with Crippen molar-refractivity contribution in [3.63, 3.8) is 0 Å². The fourth-order valence-corrected chi connectivity index (χ4v) is 0.550. The van der Waals surface area contributed by atoms with Crippen molar-refractivity contribution in [3.05, 3.63) is 12.2 Å². The zero-order valence-corrected chi connectivity index (χ0v) is 6.34. The summed E-state index contributed by atoms with van der Waals surface area (Å²) in [6.45, 7) is 4.46. The van der Waals surface area contributed by atoms with Gasteiger partial charge in [-0.15, -0.1) is 0 Å². The summed E-state index contributed by atoms with van der Waals surface area (Å²) in [6, 6.07) is 0. The molecule has 0 bridgehead atoms. The lowest BCUT2D eigenvalue weighted by Gasteiger charge is -2.01. The molecule has 0 rings (SSSR count). The van der Waals surface area contributed by atoms with E-state index in [1.807, 2.05) is 0 Å². The molecule has 0 atom stereocenters. The van der Waals surface area contributed by atoms with Crippen molar-refractivity contribution in [3.8, 4) is 0 Å². The van der Waals surface area contributed by atoms with E-state index in [-0.39, 0.29) is 12.2 Å². The Balaban J connectivity index is 3.25. The third kappa shape index (κ3) is 5.57. The highest BCUT2D eigenvalue weighted by Gasteiger charge is 2.01. The first-order chi connectivity index (χ1) is 5.18. The highest BCUT2D eigenvalue weighted by Crippen LogP contribution is 1.94. The summed E-state index contributed by atoms with van der Waals surface area (Å²) in [7, 11) is 0. The van der Waals surface area contributed by atoms with Crippen molar-refractivity contribution in [1.82, 2.24) is 5.32 Å². The SMILES string of the molecule is C=C(CCNCCO)C(=O)O. The minimum absolute atomic E-state index is 0.0690. The van der Waals surface area contributed by atoms with Gasteiger partial charge in [0.1, 0.15) is 0 Å². The molecule has 4 nitrogen and oxygen atoms in total. The van der Waals surface area contributed by atoms with Crippen molar-refractivity contribution in [2.45, 2.75) is 6.42 Å². The number of hydrogen-bond donors (Lipinski definition) is 3. The molecule has 0 aromatic rings. The molecular weight excluding hydrogens is 146 g/mol. The van der Waals surface area contributed by atoms with E-state index in [1.165, 1.54) is 0 Å². The summed E-state index contributed by atoms with van der Waals surface area (Å²) < 4.78 is 0. The Morgan fingerprint density at radius 3 is 2.55 bits per heavy atom. The summed E-state index contributed by atoms with van der Waals surface area (Å²) in [6.07, 6.45) is 0.412. The molecule has 0 radical (unpaired) electrons. The lowest BCUT2D eigenvalue weighted by atomic mass is 10.2. The van der Waals surface area contributed by atoms with Gasteiger partial charge in [-0.05, 0) is 13.0 Å². The summed E-state index contributed by atoms with van der Waals surface area (Å²) in [4.78, 5) is 10.2. The zero-order chi connectivity index (χ0) is 8.69. The van der Waals surface area contributed by atoms with Gasteiger partial charge in [0.05, 0.1) is 6.61 Å². The summed E-state index contributed by atoms with van der Waals surface area (Å²) in [5.41, 5.74) is 0.190. The van der Waals surface area contributed by atoms with Crippen LogP contribution < -0.4 is 5.32 Å². The highest BCUT2D eigenvalue weighted by molar-refractivity contribution is 5.85. The molecule has 0 saturated heterocycles. The number of nitrogens with one attached hydrogen (secondary N) is 1. The fraction of sp³-hybridized carbons (Fsp3) is 0.571. The van der Waals surface area contributed by atoms with Crippen LogP contribution in [0.15, 0.2) is 12.2 Å². The number of aliphatic hydroxyl groups is 1. The van der Waals surface area contributed by atoms with Crippen LogP contribution in [0.4, 0.5) is 0 Å². The predicted octanol–water partition coefficient (Wildman–Crippen LogP) is -0.401. The molecule has 0 saturated carbocycles. The van der Waals surface area contributed by atoms with Crippen molar-refractivity contribution >= 4 is 5.97 Å². The molecular formula is C7H13NO3. The van der Waals surface area contributed by atoms with Crippen molar-refractivity contribution in [2.24, 2.45) is 0 Å². The molecule has 0 amide bonds. The highest BCUT2D eigenvalue weighted by atomic mass is 16.4. The third-order valence-corrected chi connectivity index (χ3v) is 1.19. The molecule has 0 aliphatic carbocycles. The Morgan fingerprint density at radius 1 is 1.45 bits per heavy atom. The smallest absolute Gasteiger partial charge is 0.330 e. The van der Waals surface area contributed by atoms with Gasteiger partial charge < -0.3 is 15.5 Å². The van der Waals surface area contributed by atoms with Gasteiger partial charge in [0.25, 0.3) is 0 Å². The molecule has 0 aromatic heterocycles. The number of aliphatic hydroxyl groups excluding tert-OH is 1. The van der Waals surface area contributed by atoms with Crippen LogP contribution in [0.25, 0.3) is 0 Å². The molecule has 0 aliphatic rings. The van der Waals surface area contributed by atoms with Gasteiger partial charge in [-0.2, -0.15) is 0 Å². The third-order valence-electron chi connectivity index (χ3n) is 1.19. The predicted molar refractivity (Wildman–Crippen MR) is 41.3 cm³/mol. The largest absolute Gasteiger partial charge is 0.478 e. The quantitative estimate of drug-likeness (QED) is 0.364. The molecule has 11 heavy (non-hydrogen) atoms. The van der Waals surface area contributed by atoms with Gasteiger partial charge in [0, 0.05) is 12.1 Å². The number of rotatable bonds is 6. The summed E-state index contributed by atoms with van der Waals surface area (Å²) in [5, 5.41) is 19.5. The van der Waals surface area contributed by atoms with Crippen LogP contribution in [0, 0.1) is 0 Å². The van der Waals surface area contributed by atoms with Crippen molar-refractivity contribution in [1.29, 1.82) is 0 Å². The fourth-order valence-electron chi connectivity index (χ4n) is 0.550. The van der Waals surface area contributed by atoms with Gasteiger partial charge in [-0.1, -0.05) is 6.58 Å². The maximum absolute atomic E-state index is 10.2. The standard InChI is InChI=1S/C7H13NO3/c1-6(7(10)11)2-3-8-4-5-9/h8-9H,1-5H2,(H,10,11). The molecule has 0 spiro atoms. The van der Waals surface area contributed by atoms with E-state index in [4.69, 9.17) is 10.2 Å². The van der Waals surface area contributed by atoms with E-state index in [2.05, 4.69) is 11.9 Å². The van der Waals surface area contributed by atoms with Gasteiger partial charge in [0.15, 0.2) is 0 Å². The summed E-state index contributed by atoms with van der Waals surface area (Å²) >= 11 is 0. The van der Waals surface area contributed by atoms with E-state index in [1.54, 1.807) is 0 Å². The maximum atomic E-state index is 10.2. The van der Waals surface area contributed by atoms with E-state index in [0.717, 1.165) is 0 Å². The normalized spacial score (nSPS) is 9.55. The average molecular weight is 159 g/mol. The first kappa shape index (κ1) is 10.1. The Hall–Kier alpha value is -0.870. The van der Waals surface area contributed by atoms with E-state index < -0.39 is 5.97 Å². The number of hydrogen-bond acceptors (Lipinski definition) is 3. The van der Waals surface area contributed by atoms with Crippen LogP contribution in [0.5, 0.6) is 0 Å². The Bertz CT molecular complexity index is 145. The molecule has 0 aromatic carbocycles. The first-order valence-electron chi connectivity index (χ1n) is 3.41. The second-order valence-corrected chi connectivity index (χ2v) is 2.13. The second-order valence-electron chi connectivity index (χ2n) is 2.13. The minimum Gasteiger partial charge on any atom is -0.478 e. The van der Waals surface area contributed by atoms with Gasteiger partial charge in [-0.3, -0.25) is 0 Å². The lowest BCUT2D eigenvalue weighted by molar-refractivity contribution is -0.132. The van der Waals surface area contributed by atoms with E-state index in [9.17, 15) is 4.79 Å². The Labute approximate surface area is 65.5 Å².